The highest BCUT2D eigenvalue weighted by Gasteiger charge is 2.22. The highest BCUT2D eigenvalue weighted by molar-refractivity contribution is 5.92. The Morgan fingerprint density at radius 2 is 2.10 bits per heavy atom. The van der Waals surface area contributed by atoms with Gasteiger partial charge in [-0.3, -0.25) is 4.79 Å². The second-order valence-corrected chi connectivity index (χ2v) is 5.50. The fraction of sp³-hybridized carbons (Fsp3) is 0.400. The van der Waals surface area contributed by atoms with Crippen molar-refractivity contribution in [2.45, 2.75) is 25.9 Å². The van der Waals surface area contributed by atoms with Gasteiger partial charge in [0.25, 0.3) is 5.91 Å². The monoisotopic (exact) mass is 285 g/mol. The molecule has 0 bridgehead atoms. The molecule has 1 aliphatic heterocycles. The molecule has 6 heteroatoms. The maximum Gasteiger partial charge on any atom is 0.273 e. The Morgan fingerprint density at radius 3 is 2.71 bits per heavy atom. The van der Waals surface area contributed by atoms with Gasteiger partial charge in [-0.1, -0.05) is 35.0 Å². The van der Waals surface area contributed by atoms with Crippen molar-refractivity contribution in [3.63, 3.8) is 0 Å². The molecule has 2 aromatic rings. The predicted octanol–water partition coefficient (Wildman–Crippen LogP) is 1.22. The van der Waals surface area contributed by atoms with Crippen molar-refractivity contribution in [2.75, 3.05) is 13.1 Å². The maximum atomic E-state index is 12.2. The van der Waals surface area contributed by atoms with Gasteiger partial charge in [0.1, 0.15) is 0 Å². The molecule has 1 amide bonds. The van der Waals surface area contributed by atoms with Crippen LogP contribution in [-0.2, 0) is 0 Å². The first-order valence-electron chi connectivity index (χ1n) is 7.13. The van der Waals surface area contributed by atoms with Crippen LogP contribution in [0.4, 0.5) is 0 Å². The number of hydrogen-bond acceptors (Lipinski definition) is 4. The van der Waals surface area contributed by atoms with Crippen molar-refractivity contribution in [1.82, 2.24) is 25.6 Å². The lowest BCUT2D eigenvalue weighted by molar-refractivity contribution is 0.0934. The van der Waals surface area contributed by atoms with Crippen LogP contribution >= 0.6 is 0 Å². The van der Waals surface area contributed by atoms with Gasteiger partial charge in [-0.25, -0.2) is 4.68 Å². The van der Waals surface area contributed by atoms with Crippen LogP contribution < -0.4 is 10.6 Å². The fourth-order valence-corrected chi connectivity index (χ4v) is 2.23. The Hall–Kier alpha value is -2.21. The van der Waals surface area contributed by atoms with Gasteiger partial charge in [0.2, 0.25) is 0 Å². The molecule has 1 aromatic heterocycles. The van der Waals surface area contributed by atoms with Crippen LogP contribution in [0.3, 0.4) is 0 Å². The van der Waals surface area contributed by atoms with E-state index in [0.29, 0.717) is 11.7 Å². The summed E-state index contributed by atoms with van der Waals surface area (Å²) >= 11 is 0. The molecule has 0 radical (unpaired) electrons. The molecule has 1 fully saturated rings. The Morgan fingerprint density at radius 1 is 1.38 bits per heavy atom. The van der Waals surface area contributed by atoms with Gasteiger partial charge in [-0.2, -0.15) is 0 Å². The molecule has 1 aromatic carbocycles. The molecule has 2 N–H and O–H groups in total. The lowest BCUT2D eigenvalue weighted by Crippen LogP contribution is -2.43. The first kappa shape index (κ1) is 13.8. The third-order valence-corrected chi connectivity index (χ3v) is 3.80. The third-order valence-electron chi connectivity index (χ3n) is 3.80. The number of benzene rings is 1. The first-order chi connectivity index (χ1) is 10.1. The molecule has 2 heterocycles. The van der Waals surface area contributed by atoms with Gasteiger partial charge < -0.3 is 10.6 Å². The predicted molar refractivity (Wildman–Crippen MR) is 79.0 cm³/mol. The molecule has 3 rings (SSSR count). The number of nitrogens with one attached hydrogen (secondary N) is 2. The molecule has 0 saturated carbocycles. The van der Waals surface area contributed by atoms with Crippen LogP contribution in [0.5, 0.6) is 0 Å². The molecular formula is C15H19N5O. The van der Waals surface area contributed by atoms with E-state index in [1.807, 2.05) is 38.1 Å². The third kappa shape index (κ3) is 2.95. The van der Waals surface area contributed by atoms with Gasteiger partial charge in [-0.15, -0.1) is 5.10 Å². The van der Waals surface area contributed by atoms with E-state index in [-0.39, 0.29) is 11.9 Å². The molecule has 110 valence electrons. The highest BCUT2D eigenvalue weighted by Crippen LogP contribution is 2.14. The number of amides is 1. The summed E-state index contributed by atoms with van der Waals surface area (Å²) in [4.78, 5) is 12.2. The summed E-state index contributed by atoms with van der Waals surface area (Å²) < 4.78 is 1.75. The average molecular weight is 285 g/mol. The minimum absolute atomic E-state index is 0.0615. The molecule has 1 saturated heterocycles. The van der Waals surface area contributed by atoms with E-state index in [2.05, 4.69) is 20.9 Å². The van der Waals surface area contributed by atoms with Gasteiger partial charge in [0.15, 0.2) is 5.69 Å². The summed E-state index contributed by atoms with van der Waals surface area (Å²) in [5, 5.41) is 14.1. The number of rotatable bonds is 4. The zero-order valence-corrected chi connectivity index (χ0v) is 12.2. The summed E-state index contributed by atoms with van der Waals surface area (Å²) in [5.41, 5.74) is 2.64. The van der Waals surface area contributed by atoms with Gasteiger partial charge >= 0.3 is 0 Å². The summed E-state index contributed by atoms with van der Waals surface area (Å²) in [7, 11) is 0. The first-order valence-corrected chi connectivity index (χ1v) is 7.13. The zero-order valence-electron chi connectivity index (χ0n) is 12.2. The van der Waals surface area contributed by atoms with Crippen LogP contribution in [0.15, 0.2) is 30.5 Å². The lowest BCUT2D eigenvalue weighted by atomic mass is 10.1. The quantitative estimate of drug-likeness (QED) is 0.886. The Bertz CT molecular complexity index is 630. The lowest BCUT2D eigenvalue weighted by Gasteiger charge is -2.26. The van der Waals surface area contributed by atoms with Gasteiger partial charge in [0.05, 0.1) is 18.3 Å². The van der Waals surface area contributed by atoms with Gasteiger partial charge in [0, 0.05) is 13.1 Å². The van der Waals surface area contributed by atoms with Crippen LogP contribution in [0, 0.1) is 6.92 Å². The van der Waals surface area contributed by atoms with E-state index in [1.54, 1.807) is 10.9 Å². The maximum absolute atomic E-state index is 12.2. The van der Waals surface area contributed by atoms with Crippen LogP contribution in [0.25, 0.3) is 0 Å². The Kier molecular flexibility index (Phi) is 3.70. The second-order valence-electron chi connectivity index (χ2n) is 5.50. The van der Waals surface area contributed by atoms with Crippen molar-refractivity contribution in [2.24, 2.45) is 0 Å². The average Bonchev–Trinajstić information content (AvgIpc) is 2.86. The summed E-state index contributed by atoms with van der Waals surface area (Å²) in [6.07, 6.45) is 1.71. The van der Waals surface area contributed by atoms with Crippen molar-refractivity contribution in [3.8, 4) is 0 Å². The highest BCUT2D eigenvalue weighted by atomic mass is 16.2. The van der Waals surface area contributed by atoms with E-state index < -0.39 is 0 Å². The number of aryl methyl sites for hydroxylation is 1. The van der Waals surface area contributed by atoms with Crippen LogP contribution in [0.1, 0.15) is 40.6 Å². The van der Waals surface area contributed by atoms with E-state index in [4.69, 9.17) is 0 Å². The van der Waals surface area contributed by atoms with E-state index >= 15 is 0 Å². The molecule has 0 aliphatic carbocycles. The molecule has 1 atom stereocenters. The standard InChI is InChI=1S/C15H19N5O/c1-10-3-5-12(6-4-10)11(2)17-15(21)14-9-20(19-18-14)13-7-16-8-13/h3-6,9,11,13,16H,7-8H2,1-2H3,(H,17,21)/t11-/m0/s1. The molecule has 0 spiro atoms. The largest absolute Gasteiger partial charge is 0.344 e. The smallest absolute Gasteiger partial charge is 0.273 e. The van der Waals surface area contributed by atoms with E-state index in [1.165, 1.54) is 5.56 Å². The number of nitrogens with zero attached hydrogens (tertiary/aromatic N) is 3. The minimum Gasteiger partial charge on any atom is -0.344 e. The molecule has 0 unspecified atom stereocenters. The van der Waals surface area contributed by atoms with Gasteiger partial charge in [-0.05, 0) is 19.4 Å². The fourth-order valence-electron chi connectivity index (χ4n) is 2.23. The SMILES string of the molecule is Cc1ccc([C@H](C)NC(=O)c2cn(C3CNC3)nn2)cc1. The zero-order chi connectivity index (χ0) is 14.8. The number of carbonyl (C=O) groups excluding carboxylic acids is 1. The molecule has 21 heavy (non-hydrogen) atoms. The van der Waals surface area contributed by atoms with E-state index in [0.717, 1.165) is 18.7 Å². The van der Waals surface area contributed by atoms with Crippen LogP contribution in [0.2, 0.25) is 0 Å². The summed E-state index contributed by atoms with van der Waals surface area (Å²) in [6, 6.07) is 8.38. The van der Waals surface area contributed by atoms with Crippen molar-refractivity contribution >= 4 is 5.91 Å². The molecular weight excluding hydrogens is 266 g/mol. The van der Waals surface area contributed by atoms with Crippen LogP contribution in [-0.4, -0.2) is 34.0 Å². The number of hydrogen-bond donors (Lipinski definition) is 2. The molecule has 6 nitrogen and oxygen atoms in total. The van der Waals surface area contributed by atoms with E-state index in [9.17, 15) is 4.79 Å². The van der Waals surface area contributed by atoms with Crippen molar-refractivity contribution in [3.05, 3.63) is 47.3 Å². The summed E-state index contributed by atoms with van der Waals surface area (Å²) in [5.74, 6) is -0.193. The Balaban J connectivity index is 1.65. The number of aromatic nitrogens is 3. The Labute approximate surface area is 123 Å². The topological polar surface area (TPSA) is 71.8 Å². The van der Waals surface area contributed by atoms with Crippen molar-refractivity contribution in [1.29, 1.82) is 0 Å². The van der Waals surface area contributed by atoms with Crippen molar-refractivity contribution < 1.29 is 4.79 Å². The second kappa shape index (κ2) is 5.65. The minimum atomic E-state index is -0.193. The summed E-state index contributed by atoms with van der Waals surface area (Å²) in [6.45, 7) is 5.76. The number of carbonyl (C=O) groups is 1. The molecule has 1 aliphatic rings. The normalized spacial score (nSPS) is 16.3.